The molecule has 76 heavy (non-hydrogen) atoms. The minimum atomic E-state index is -4.67. The van der Waals surface area contributed by atoms with E-state index in [9.17, 15) is 19.0 Å². The summed E-state index contributed by atoms with van der Waals surface area (Å²) in [4.78, 5) is 37.9. The van der Waals surface area contributed by atoms with Crippen LogP contribution in [0.4, 0.5) is 0 Å². The van der Waals surface area contributed by atoms with Crippen molar-refractivity contribution in [1.29, 1.82) is 0 Å². The molecule has 10 heteroatoms. The van der Waals surface area contributed by atoms with Crippen LogP contribution < -0.4 is 4.89 Å². The highest BCUT2D eigenvalue weighted by Crippen LogP contribution is 2.38. The summed E-state index contributed by atoms with van der Waals surface area (Å²) >= 11 is 0. The third-order valence-electron chi connectivity index (χ3n) is 11.8. The number of carbonyl (C=O) groups excluding carboxylic acids is 2. The van der Waals surface area contributed by atoms with E-state index in [0.717, 1.165) is 96.3 Å². The van der Waals surface area contributed by atoms with Crippen molar-refractivity contribution in [3.8, 4) is 0 Å². The van der Waals surface area contributed by atoms with Gasteiger partial charge in [0.2, 0.25) is 0 Å². The lowest BCUT2D eigenvalue weighted by molar-refractivity contribution is -0.870. The van der Waals surface area contributed by atoms with Crippen molar-refractivity contribution in [3.05, 3.63) is 146 Å². The summed E-state index contributed by atoms with van der Waals surface area (Å²) in [5.41, 5.74) is 0. The van der Waals surface area contributed by atoms with Crippen LogP contribution in [-0.2, 0) is 32.7 Å². The SMILES string of the molecule is CC/C=C\C/C=C\C/C=C\C/C=C\C/C=C\C/C=C\C/C=C\C/C=C\C/C=C\CCCC(=O)OC(COC(=O)CCCCCCCCCC/C=C\C/C=C\C/C=C\CCCCCCC)COP(=O)([O-])OCC[N+](C)(C)C. The molecule has 0 aliphatic carbocycles. The summed E-state index contributed by atoms with van der Waals surface area (Å²) in [5, 5.41) is 0. The molecule has 0 aliphatic heterocycles. The van der Waals surface area contributed by atoms with Crippen LogP contribution in [0.2, 0.25) is 0 Å². The smallest absolute Gasteiger partial charge is 0.306 e. The topological polar surface area (TPSA) is 111 Å². The number of esters is 2. The minimum absolute atomic E-state index is 0.0519. The molecule has 0 aromatic heterocycles. The van der Waals surface area contributed by atoms with Crippen LogP contribution in [0.1, 0.15) is 206 Å². The van der Waals surface area contributed by atoms with E-state index in [4.69, 9.17) is 18.5 Å². The molecule has 0 radical (unpaired) electrons. The predicted octanol–water partition coefficient (Wildman–Crippen LogP) is 18.1. The highest BCUT2D eigenvalue weighted by atomic mass is 31.2. The Morgan fingerprint density at radius 2 is 0.763 bits per heavy atom. The van der Waals surface area contributed by atoms with Gasteiger partial charge in [-0.05, 0) is 116 Å². The average molecular weight is 1070 g/mol. The number of likely N-dealkylation sites (N-methyl/N-ethyl adjacent to an activating group) is 1. The number of hydrogen-bond acceptors (Lipinski definition) is 8. The van der Waals surface area contributed by atoms with Gasteiger partial charge in [0, 0.05) is 12.8 Å². The second-order valence-corrected chi connectivity index (χ2v) is 21.7. The van der Waals surface area contributed by atoms with Crippen LogP contribution in [-0.4, -0.2) is 70.0 Å². The van der Waals surface area contributed by atoms with Crippen LogP contribution in [0, 0.1) is 0 Å². The number of allylic oxidation sites excluding steroid dienone is 24. The maximum atomic E-state index is 12.8. The molecule has 9 nitrogen and oxygen atoms in total. The first-order valence-corrected chi connectivity index (χ1v) is 31.0. The van der Waals surface area contributed by atoms with Gasteiger partial charge in [-0.3, -0.25) is 14.2 Å². The van der Waals surface area contributed by atoms with Gasteiger partial charge in [-0.15, -0.1) is 0 Å². The zero-order valence-corrected chi connectivity index (χ0v) is 49.5. The van der Waals surface area contributed by atoms with Crippen LogP contribution in [0.25, 0.3) is 0 Å². The molecule has 0 bridgehead atoms. The van der Waals surface area contributed by atoms with E-state index in [0.29, 0.717) is 30.3 Å². The van der Waals surface area contributed by atoms with E-state index >= 15 is 0 Å². The van der Waals surface area contributed by atoms with Crippen molar-refractivity contribution in [2.45, 2.75) is 213 Å². The molecule has 0 aliphatic rings. The summed E-state index contributed by atoms with van der Waals surface area (Å²) in [7, 11) is 1.10. The number of rotatable bonds is 52. The molecule has 0 aromatic carbocycles. The fourth-order valence-electron chi connectivity index (χ4n) is 7.31. The molecule has 0 spiro atoms. The Balaban J connectivity index is 4.35. The highest BCUT2D eigenvalue weighted by Gasteiger charge is 2.21. The second kappa shape index (κ2) is 55.6. The number of carbonyl (C=O) groups is 2. The zero-order valence-electron chi connectivity index (χ0n) is 48.6. The van der Waals surface area contributed by atoms with Crippen LogP contribution >= 0.6 is 7.82 Å². The van der Waals surface area contributed by atoms with Crippen molar-refractivity contribution in [3.63, 3.8) is 0 Å². The van der Waals surface area contributed by atoms with Gasteiger partial charge in [0.1, 0.15) is 19.8 Å². The molecule has 430 valence electrons. The maximum absolute atomic E-state index is 12.8. The fourth-order valence-corrected chi connectivity index (χ4v) is 8.04. The molecule has 0 saturated heterocycles. The predicted molar refractivity (Wildman–Crippen MR) is 323 cm³/mol. The molecule has 2 atom stereocenters. The Hall–Kier alpha value is -4.11. The van der Waals surface area contributed by atoms with E-state index in [1.54, 1.807) is 0 Å². The minimum Gasteiger partial charge on any atom is -0.756 e. The summed E-state index contributed by atoms with van der Waals surface area (Å²) < 4.78 is 34.1. The third-order valence-corrected chi connectivity index (χ3v) is 12.8. The molecule has 0 saturated carbocycles. The van der Waals surface area contributed by atoms with Crippen molar-refractivity contribution in [2.75, 3.05) is 47.5 Å². The number of phosphoric ester groups is 1. The number of ether oxygens (including phenoxy) is 2. The molecule has 2 unspecified atom stereocenters. The summed E-state index contributed by atoms with van der Waals surface area (Å²) in [6.07, 6.45) is 81.8. The van der Waals surface area contributed by atoms with E-state index in [2.05, 4.69) is 154 Å². The lowest BCUT2D eigenvalue weighted by atomic mass is 10.1. The van der Waals surface area contributed by atoms with Crippen LogP contribution in [0.15, 0.2) is 146 Å². The zero-order chi connectivity index (χ0) is 55.6. The maximum Gasteiger partial charge on any atom is 0.306 e. The first-order valence-electron chi connectivity index (χ1n) is 29.5. The molecule has 0 heterocycles. The molecule has 0 fully saturated rings. The van der Waals surface area contributed by atoms with Gasteiger partial charge in [0.25, 0.3) is 7.82 Å². The quantitative estimate of drug-likeness (QED) is 0.0195. The van der Waals surface area contributed by atoms with Gasteiger partial charge in [-0.1, -0.05) is 224 Å². The van der Waals surface area contributed by atoms with Gasteiger partial charge in [-0.25, -0.2) is 0 Å². The van der Waals surface area contributed by atoms with Gasteiger partial charge in [0.15, 0.2) is 6.10 Å². The third kappa shape index (κ3) is 59.1. The number of phosphoric acid groups is 1. The standard InChI is InChI=1S/C66H108NO8P/c1-6-8-10-12-14-16-18-20-22-24-26-28-30-31-32-33-34-35-37-39-41-43-45-47-49-51-53-55-57-59-66(69)75-64(63-74-76(70,71)73-61-60-67(3,4)5)62-72-65(68)58-56-54-52-50-48-46-44-42-40-38-36-29-27-25-23-21-19-17-15-13-11-9-7-2/h8,10,14,16,19-22,25-28,31-32,34-36,38-39,41,45,47,51,53,64H,6-7,9,11-13,15,17-18,23-24,29-30,33,37,40,42-44,46,48-50,52,54-63H2,1-5H3/b10-8-,16-14-,21-19-,22-20-,27-25-,28-26-,32-31-,35-34-,38-36-,41-39-,47-45-,53-51-. The van der Waals surface area contributed by atoms with Gasteiger partial charge < -0.3 is 27.9 Å². The number of nitrogens with zero attached hydrogens (tertiary/aromatic N) is 1. The molecular formula is C66H108NO8P. The van der Waals surface area contributed by atoms with Crippen molar-refractivity contribution in [2.24, 2.45) is 0 Å². The van der Waals surface area contributed by atoms with Gasteiger partial charge in [0.05, 0.1) is 27.7 Å². The average Bonchev–Trinajstić information content (AvgIpc) is 3.38. The monoisotopic (exact) mass is 1070 g/mol. The number of unbranched alkanes of at least 4 members (excludes halogenated alkanes) is 14. The molecule has 0 rings (SSSR count). The van der Waals surface area contributed by atoms with Crippen molar-refractivity contribution < 1.29 is 42.1 Å². The van der Waals surface area contributed by atoms with E-state index in [1.165, 1.54) is 64.2 Å². The Kier molecular flexibility index (Phi) is 52.6. The normalized spacial score (nSPS) is 14.3. The Morgan fingerprint density at radius 1 is 0.421 bits per heavy atom. The molecule has 0 N–H and O–H groups in total. The van der Waals surface area contributed by atoms with E-state index < -0.39 is 32.5 Å². The first-order chi connectivity index (χ1) is 37.0. The lowest BCUT2D eigenvalue weighted by Crippen LogP contribution is -2.37. The molecule has 0 amide bonds. The van der Waals surface area contributed by atoms with Gasteiger partial charge in [-0.2, -0.15) is 0 Å². The summed E-state index contributed by atoms with van der Waals surface area (Å²) in [5.74, 6) is -0.923. The Morgan fingerprint density at radius 3 is 1.16 bits per heavy atom. The van der Waals surface area contributed by atoms with E-state index in [1.807, 2.05) is 27.2 Å². The van der Waals surface area contributed by atoms with Crippen LogP contribution in [0.5, 0.6) is 0 Å². The lowest BCUT2D eigenvalue weighted by Gasteiger charge is -2.28. The van der Waals surface area contributed by atoms with E-state index in [-0.39, 0.29) is 26.1 Å². The largest absolute Gasteiger partial charge is 0.756 e. The number of quaternary nitrogens is 1. The molecule has 0 aromatic rings. The first kappa shape index (κ1) is 71.9. The Bertz CT molecular complexity index is 1790. The summed E-state index contributed by atoms with van der Waals surface area (Å²) in [6, 6.07) is 0. The summed E-state index contributed by atoms with van der Waals surface area (Å²) in [6.45, 7) is 4.02. The van der Waals surface area contributed by atoms with Crippen molar-refractivity contribution in [1.82, 2.24) is 0 Å². The molecular weight excluding hydrogens is 966 g/mol. The van der Waals surface area contributed by atoms with Crippen molar-refractivity contribution >= 4 is 19.8 Å². The Labute approximate surface area is 465 Å². The van der Waals surface area contributed by atoms with Crippen LogP contribution in [0.3, 0.4) is 0 Å². The second-order valence-electron chi connectivity index (χ2n) is 20.3. The fraction of sp³-hybridized carbons (Fsp3) is 0.606. The number of hydrogen-bond donors (Lipinski definition) is 0. The van der Waals surface area contributed by atoms with Gasteiger partial charge >= 0.3 is 11.9 Å². The highest BCUT2D eigenvalue weighted by molar-refractivity contribution is 7.45.